The zero-order chi connectivity index (χ0) is 26.6. The number of rotatable bonds is 8. The third-order valence-electron chi connectivity index (χ3n) is 6.57. The number of carbonyl (C=O) groups is 2. The van der Waals surface area contributed by atoms with Crippen molar-refractivity contribution in [2.45, 2.75) is 31.5 Å². The standard InChI is InChI=1S/C27H27ClN4O6/c1-35-20-7-8-22(29-14-20)24-23(38-19-9-10-32-18(11-19)15-37-27(32)34)12-21(26(31-24)36-2)25(33)30-13-16-3-5-17(28)6-4-16/h3-8,12,14,18-19H,9-11,13,15H2,1-2H3,(H,30,33)/t18-,19-/m0/s1. The van der Waals surface area contributed by atoms with Gasteiger partial charge in [-0.1, -0.05) is 23.7 Å². The number of cyclic esters (lactones) is 1. The van der Waals surface area contributed by atoms with Gasteiger partial charge in [0.05, 0.1) is 32.2 Å². The van der Waals surface area contributed by atoms with Crippen molar-refractivity contribution in [1.29, 1.82) is 0 Å². The highest BCUT2D eigenvalue weighted by Crippen LogP contribution is 2.35. The predicted octanol–water partition coefficient (Wildman–Crippen LogP) is 4.11. The third kappa shape index (κ3) is 5.45. The first kappa shape index (κ1) is 25.6. The second kappa shape index (κ2) is 11.1. The van der Waals surface area contributed by atoms with Crippen LogP contribution in [0.1, 0.15) is 28.8 Å². The van der Waals surface area contributed by atoms with Gasteiger partial charge in [-0.25, -0.2) is 9.78 Å². The Bertz CT molecular complexity index is 1320. The number of nitrogens with zero attached hydrogens (tertiary/aromatic N) is 3. The maximum absolute atomic E-state index is 13.2. The van der Waals surface area contributed by atoms with E-state index in [0.717, 1.165) is 5.56 Å². The lowest BCUT2D eigenvalue weighted by Crippen LogP contribution is -2.44. The number of benzene rings is 1. The molecule has 2 saturated heterocycles. The molecule has 2 atom stereocenters. The summed E-state index contributed by atoms with van der Waals surface area (Å²) in [6, 6.07) is 12.3. The van der Waals surface area contributed by atoms with Crippen LogP contribution in [-0.2, 0) is 11.3 Å². The number of hydrogen-bond acceptors (Lipinski definition) is 8. The summed E-state index contributed by atoms with van der Waals surface area (Å²) in [6.45, 7) is 1.17. The highest BCUT2D eigenvalue weighted by molar-refractivity contribution is 6.30. The minimum absolute atomic E-state index is 0.0443. The molecule has 4 heterocycles. The smallest absolute Gasteiger partial charge is 0.410 e. The quantitative estimate of drug-likeness (QED) is 0.456. The number of halogens is 1. The van der Waals surface area contributed by atoms with Crippen LogP contribution < -0.4 is 19.5 Å². The van der Waals surface area contributed by atoms with E-state index in [9.17, 15) is 9.59 Å². The fraction of sp³-hybridized carbons (Fsp3) is 0.333. The number of pyridine rings is 2. The van der Waals surface area contributed by atoms with E-state index in [-0.39, 0.29) is 35.6 Å². The van der Waals surface area contributed by atoms with Crippen LogP contribution in [-0.4, -0.2) is 66.4 Å². The molecule has 11 heteroatoms. The van der Waals surface area contributed by atoms with Gasteiger partial charge in [-0.2, -0.15) is 0 Å². The minimum atomic E-state index is -0.368. The van der Waals surface area contributed by atoms with Gasteiger partial charge in [-0.3, -0.25) is 9.78 Å². The third-order valence-corrected chi connectivity index (χ3v) is 6.82. The van der Waals surface area contributed by atoms with Gasteiger partial charge >= 0.3 is 6.09 Å². The van der Waals surface area contributed by atoms with E-state index in [1.165, 1.54) is 7.11 Å². The topological polar surface area (TPSA) is 112 Å². The van der Waals surface area contributed by atoms with Gasteiger partial charge in [-0.15, -0.1) is 0 Å². The summed E-state index contributed by atoms with van der Waals surface area (Å²) in [5, 5.41) is 3.52. The van der Waals surface area contributed by atoms with Crippen molar-refractivity contribution in [3.05, 3.63) is 64.8 Å². The van der Waals surface area contributed by atoms with E-state index in [2.05, 4.69) is 15.3 Å². The highest BCUT2D eigenvalue weighted by atomic mass is 35.5. The molecule has 0 radical (unpaired) electrons. The first-order chi connectivity index (χ1) is 18.4. The molecule has 3 aromatic rings. The van der Waals surface area contributed by atoms with Crippen LogP contribution >= 0.6 is 11.6 Å². The van der Waals surface area contributed by atoms with Gasteiger partial charge in [0.15, 0.2) is 0 Å². The van der Waals surface area contributed by atoms with Gasteiger partial charge < -0.3 is 29.2 Å². The average molecular weight is 539 g/mol. The van der Waals surface area contributed by atoms with Crippen molar-refractivity contribution in [2.75, 3.05) is 27.4 Å². The number of ether oxygens (including phenoxy) is 4. The molecule has 1 aromatic carbocycles. The van der Waals surface area contributed by atoms with Gasteiger partial charge in [-0.05, 0) is 29.8 Å². The Kier molecular flexibility index (Phi) is 7.50. The molecule has 0 spiro atoms. The highest BCUT2D eigenvalue weighted by Gasteiger charge is 2.39. The first-order valence-electron chi connectivity index (χ1n) is 12.2. The maximum Gasteiger partial charge on any atom is 0.410 e. The van der Waals surface area contributed by atoms with Gasteiger partial charge in [0.2, 0.25) is 5.88 Å². The number of piperidine rings is 1. The van der Waals surface area contributed by atoms with Crippen molar-refractivity contribution in [1.82, 2.24) is 20.2 Å². The molecule has 0 aliphatic carbocycles. The molecule has 1 N–H and O–H groups in total. The Morgan fingerprint density at radius 1 is 1.18 bits per heavy atom. The monoisotopic (exact) mass is 538 g/mol. The lowest BCUT2D eigenvalue weighted by molar-refractivity contribution is 0.0913. The Hall–Kier alpha value is -4.05. The average Bonchev–Trinajstić information content (AvgIpc) is 3.32. The maximum atomic E-state index is 13.2. The van der Waals surface area contributed by atoms with Crippen LogP contribution in [0, 0.1) is 0 Å². The first-order valence-corrected chi connectivity index (χ1v) is 12.5. The fourth-order valence-corrected chi connectivity index (χ4v) is 4.67. The van der Waals surface area contributed by atoms with Crippen LogP contribution in [0.15, 0.2) is 48.7 Å². The molecule has 2 fully saturated rings. The predicted molar refractivity (Wildman–Crippen MR) is 139 cm³/mol. The van der Waals surface area contributed by atoms with Crippen LogP contribution in [0.5, 0.6) is 17.4 Å². The molecule has 198 valence electrons. The molecule has 0 bridgehead atoms. The Labute approximate surface area is 224 Å². The minimum Gasteiger partial charge on any atom is -0.495 e. The Balaban J connectivity index is 1.44. The molecule has 2 amide bonds. The summed E-state index contributed by atoms with van der Waals surface area (Å²) < 4.78 is 22.3. The van der Waals surface area contributed by atoms with Crippen molar-refractivity contribution < 1.29 is 28.5 Å². The van der Waals surface area contributed by atoms with Crippen LogP contribution in [0.25, 0.3) is 11.4 Å². The van der Waals surface area contributed by atoms with Gasteiger partial charge in [0.25, 0.3) is 5.91 Å². The summed E-state index contributed by atoms with van der Waals surface area (Å²) >= 11 is 5.96. The molecule has 0 unspecified atom stereocenters. The molecule has 2 aromatic heterocycles. The number of aromatic nitrogens is 2. The van der Waals surface area contributed by atoms with E-state index >= 15 is 0 Å². The molecular formula is C27H27ClN4O6. The molecule has 38 heavy (non-hydrogen) atoms. The lowest BCUT2D eigenvalue weighted by Gasteiger charge is -2.32. The second-order valence-electron chi connectivity index (χ2n) is 8.97. The number of fused-ring (bicyclic) bond motifs is 1. The number of methoxy groups -OCH3 is 2. The summed E-state index contributed by atoms with van der Waals surface area (Å²) in [5.41, 5.74) is 2.08. The normalized spacial score (nSPS) is 18.4. The van der Waals surface area contributed by atoms with Crippen LogP contribution in [0.3, 0.4) is 0 Å². The number of hydrogen-bond donors (Lipinski definition) is 1. The zero-order valence-electron chi connectivity index (χ0n) is 21.0. The van der Waals surface area contributed by atoms with E-state index in [1.54, 1.807) is 48.5 Å². The van der Waals surface area contributed by atoms with Crippen LogP contribution in [0.2, 0.25) is 5.02 Å². The van der Waals surface area contributed by atoms with E-state index in [4.69, 9.17) is 30.5 Å². The second-order valence-corrected chi connectivity index (χ2v) is 9.41. The zero-order valence-corrected chi connectivity index (χ0v) is 21.7. The summed E-state index contributed by atoms with van der Waals surface area (Å²) in [6.07, 6.45) is 2.31. The SMILES string of the molecule is COc1ccc(-c2nc(OC)c(C(=O)NCc3ccc(Cl)cc3)cc2O[C@H]2CCN3C(=O)OC[C@@H]3C2)nc1. The molecular weight excluding hydrogens is 512 g/mol. The number of amides is 2. The van der Waals surface area contributed by atoms with E-state index < -0.39 is 0 Å². The molecule has 2 aliphatic rings. The summed E-state index contributed by atoms with van der Waals surface area (Å²) in [7, 11) is 3.02. The van der Waals surface area contributed by atoms with E-state index in [1.807, 2.05) is 12.1 Å². The number of nitrogens with one attached hydrogen (secondary N) is 1. The van der Waals surface area contributed by atoms with Crippen molar-refractivity contribution >= 4 is 23.6 Å². The summed E-state index contributed by atoms with van der Waals surface area (Å²) in [5.74, 6) is 0.764. The van der Waals surface area contributed by atoms with Crippen LogP contribution in [0.4, 0.5) is 4.79 Å². The molecule has 5 rings (SSSR count). The molecule has 2 aliphatic heterocycles. The van der Waals surface area contributed by atoms with Crippen molar-refractivity contribution in [2.24, 2.45) is 0 Å². The lowest BCUT2D eigenvalue weighted by atomic mass is 10.0. The van der Waals surface area contributed by atoms with E-state index in [0.29, 0.717) is 60.4 Å². The van der Waals surface area contributed by atoms with Gasteiger partial charge in [0, 0.05) is 37.0 Å². The largest absolute Gasteiger partial charge is 0.495 e. The Morgan fingerprint density at radius 2 is 2.00 bits per heavy atom. The molecule has 0 saturated carbocycles. The van der Waals surface area contributed by atoms with Crippen molar-refractivity contribution in [3.8, 4) is 28.8 Å². The molecule has 10 nitrogen and oxygen atoms in total. The number of carbonyl (C=O) groups excluding carboxylic acids is 2. The summed E-state index contributed by atoms with van der Waals surface area (Å²) in [4.78, 5) is 35.9. The fourth-order valence-electron chi connectivity index (χ4n) is 4.54. The van der Waals surface area contributed by atoms with Gasteiger partial charge in [0.1, 0.15) is 35.5 Å². The Morgan fingerprint density at radius 3 is 2.71 bits per heavy atom. The van der Waals surface area contributed by atoms with Crippen molar-refractivity contribution in [3.63, 3.8) is 0 Å².